The Kier molecular flexibility index (Phi) is 4.46. The minimum Gasteiger partial charge on any atom is -0.300 e. The third-order valence-electron chi connectivity index (χ3n) is 3.14. The van der Waals surface area contributed by atoms with E-state index < -0.39 is 11.7 Å². The molecule has 1 aliphatic heterocycles. The van der Waals surface area contributed by atoms with Crippen LogP contribution < -0.4 is 0 Å². The van der Waals surface area contributed by atoms with Crippen molar-refractivity contribution < 1.29 is 18.0 Å². The van der Waals surface area contributed by atoms with Crippen LogP contribution in [-0.2, 0) is 11.0 Å². The van der Waals surface area contributed by atoms with Crippen LogP contribution >= 0.6 is 0 Å². The first-order valence-electron chi connectivity index (χ1n) is 6.35. The van der Waals surface area contributed by atoms with Gasteiger partial charge in [-0.05, 0) is 18.2 Å². The Morgan fingerprint density at radius 1 is 1.20 bits per heavy atom. The number of ketones is 1. The van der Waals surface area contributed by atoms with Crippen molar-refractivity contribution in [3.8, 4) is 11.8 Å². The van der Waals surface area contributed by atoms with Gasteiger partial charge in [0.15, 0.2) is 0 Å². The number of hydrogen-bond acceptors (Lipinski definition) is 2. The maximum atomic E-state index is 12.5. The van der Waals surface area contributed by atoms with E-state index in [9.17, 15) is 18.0 Å². The van der Waals surface area contributed by atoms with E-state index in [1.54, 1.807) is 6.07 Å². The van der Waals surface area contributed by atoms with Gasteiger partial charge in [-0.25, -0.2) is 0 Å². The molecule has 0 atom stereocenters. The SMILES string of the molecule is O=C1CCN(CC#Cc2cccc(C(F)(F)F)c2)CC1. The highest BCUT2D eigenvalue weighted by Gasteiger charge is 2.30. The van der Waals surface area contributed by atoms with E-state index >= 15 is 0 Å². The first-order valence-corrected chi connectivity index (χ1v) is 6.35. The third kappa shape index (κ3) is 4.10. The first kappa shape index (κ1) is 14.6. The molecule has 0 N–H and O–H groups in total. The van der Waals surface area contributed by atoms with Gasteiger partial charge in [0, 0.05) is 31.5 Å². The van der Waals surface area contributed by atoms with Crippen molar-refractivity contribution >= 4 is 5.78 Å². The quantitative estimate of drug-likeness (QED) is 0.738. The number of piperidine rings is 1. The maximum absolute atomic E-state index is 12.5. The van der Waals surface area contributed by atoms with Crippen molar-refractivity contribution in [2.45, 2.75) is 19.0 Å². The summed E-state index contributed by atoms with van der Waals surface area (Å²) in [5.41, 5.74) is -0.333. The van der Waals surface area contributed by atoms with E-state index in [2.05, 4.69) is 11.8 Å². The Labute approximate surface area is 115 Å². The summed E-state index contributed by atoms with van der Waals surface area (Å²) in [7, 11) is 0. The van der Waals surface area contributed by atoms with Crippen molar-refractivity contribution in [2.75, 3.05) is 19.6 Å². The average molecular weight is 281 g/mol. The summed E-state index contributed by atoms with van der Waals surface area (Å²) >= 11 is 0. The monoisotopic (exact) mass is 281 g/mol. The Hall–Kier alpha value is -1.80. The molecule has 1 fully saturated rings. The molecule has 1 aromatic rings. The summed E-state index contributed by atoms with van der Waals surface area (Å²) in [5.74, 6) is 5.86. The van der Waals surface area contributed by atoms with Gasteiger partial charge in [-0.15, -0.1) is 0 Å². The van der Waals surface area contributed by atoms with Gasteiger partial charge in [-0.1, -0.05) is 17.9 Å². The van der Waals surface area contributed by atoms with Gasteiger partial charge in [0.25, 0.3) is 0 Å². The third-order valence-corrected chi connectivity index (χ3v) is 3.14. The van der Waals surface area contributed by atoms with Gasteiger partial charge < -0.3 is 0 Å². The van der Waals surface area contributed by atoms with Gasteiger partial charge in [0.05, 0.1) is 12.1 Å². The fourth-order valence-electron chi connectivity index (χ4n) is 1.99. The molecule has 0 saturated carbocycles. The molecule has 1 aromatic carbocycles. The molecule has 2 nitrogen and oxygen atoms in total. The average Bonchev–Trinajstić information content (AvgIpc) is 2.40. The van der Waals surface area contributed by atoms with Crippen LogP contribution in [0.25, 0.3) is 0 Å². The zero-order valence-corrected chi connectivity index (χ0v) is 10.8. The van der Waals surface area contributed by atoms with Crippen LogP contribution in [-0.4, -0.2) is 30.3 Å². The summed E-state index contributed by atoms with van der Waals surface area (Å²) in [5, 5.41) is 0. The van der Waals surface area contributed by atoms with Crippen LogP contribution in [0.15, 0.2) is 24.3 Å². The van der Waals surface area contributed by atoms with E-state index in [0.717, 1.165) is 12.1 Å². The Bertz CT molecular complexity index is 544. The molecule has 0 radical (unpaired) electrons. The highest BCUT2D eigenvalue weighted by Crippen LogP contribution is 2.29. The second kappa shape index (κ2) is 6.10. The van der Waals surface area contributed by atoms with E-state index in [1.807, 2.05) is 4.90 Å². The molecule has 2 rings (SSSR count). The lowest BCUT2D eigenvalue weighted by atomic mass is 10.1. The second-order valence-electron chi connectivity index (χ2n) is 4.70. The molecule has 20 heavy (non-hydrogen) atoms. The molecular weight excluding hydrogens is 267 g/mol. The summed E-state index contributed by atoms with van der Waals surface area (Å²) in [6.07, 6.45) is -3.28. The number of rotatable bonds is 1. The molecule has 1 saturated heterocycles. The van der Waals surface area contributed by atoms with Gasteiger partial charge in [0.2, 0.25) is 0 Å². The fourth-order valence-corrected chi connectivity index (χ4v) is 1.99. The zero-order chi connectivity index (χ0) is 14.6. The smallest absolute Gasteiger partial charge is 0.300 e. The van der Waals surface area contributed by atoms with Gasteiger partial charge in [-0.3, -0.25) is 9.69 Å². The number of benzene rings is 1. The predicted octanol–water partition coefficient (Wildman–Crippen LogP) is 2.72. The molecule has 0 aliphatic carbocycles. The summed E-state index contributed by atoms with van der Waals surface area (Å²) in [6, 6.07) is 4.99. The zero-order valence-electron chi connectivity index (χ0n) is 10.8. The van der Waals surface area contributed by atoms with Crippen LogP contribution in [0.4, 0.5) is 13.2 Å². The Morgan fingerprint density at radius 3 is 2.55 bits per heavy atom. The number of hydrogen-bond donors (Lipinski definition) is 0. The Morgan fingerprint density at radius 2 is 1.90 bits per heavy atom. The molecule has 106 valence electrons. The standard InChI is InChI=1S/C15H14F3NO/c16-15(17,18)13-5-1-3-12(11-13)4-2-8-19-9-6-14(20)7-10-19/h1,3,5,11H,6-10H2. The first-order chi connectivity index (χ1) is 9.45. The minimum atomic E-state index is -4.34. The lowest BCUT2D eigenvalue weighted by Crippen LogP contribution is -2.33. The van der Waals surface area contributed by atoms with Gasteiger partial charge in [0.1, 0.15) is 5.78 Å². The maximum Gasteiger partial charge on any atom is 0.416 e. The summed E-state index contributed by atoms with van der Waals surface area (Å²) in [6.45, 7) is 1.83. The number of carbonyl (C=O) groups excluding carboxylic acids is 1. The van der Waals surface area contributed by atoms with E-state index in [4.69, 9.17) is 0 Å². The van der Waals surface area contributed by atoms with Crippen LogP contribution in [0.1, 0.15) is 24.0 Å². The van der Waals surface area contributed by atoms with Crippen molar-refractivity contribution in [3.05, 3.63) is 35.4 Å². The number of halogens is 3. The number of carbonyl (C=O) groups is 1. The molecule has 0 aromatic heterocycles. The normalized spacial score (nSPS) is 16.6. The largest absolute Gasteiger partial charge is 0.416 e. The van der Waals surface area contributed by atoms with Crippen LogP contribution in [0, 0.1) is 11.8 Å². The molecule has 0 bridgehead atoms. The molecule has 5 heteroatoms. The predicted molar refractivity (Wildman–Crippen MR) is 69.0 cm³/mol. The fraction of sp³-hybridized carbons (Fsp3) is 0.400. The molecule has 1 aliphatic rings. The lowest BCUT2D eigenvalue weighted by molar-refractivity contribution is -0.137. The summed E-state index contributed by atoms with van der Waals surface area (Å²) < 4.78 is 37.6. The topological polar surface area (TPSA) is 20.3 Å². The van der Waals surface area contributed by atoms with E-state index in [0.29, 0.717) is 38.0 Å². The van der Waals surface area contributed by atoms with E-state index in [1.165, 1.54) is 6.07 Å². The van der Waals surface area contributed by atoms with E-state index in [-0.39, 0.29) is 5.78 Å². The number of alkyl halides is 3. The molecule has 1 heterocycles. The van der Waals surface area contributed by atoms with Crippen molar-refractivity contribution in [1.29, 1.82) is 0 Å². The molecule has 0 unspecified atom stereocenters. The van der Waals surface area contributed by atoms with Crippen molar-refractivity contribution in [1.82, 2.24) is 4.90 Å². The molecular formula is C15H14F3NO. The number of likely N-dealkylation sites (tertiary alicyclic amines) is 1. The summed E-state index contributed by atoms with van der Waals surface area (Å²) in [4.78, 5) is 13.1. The van der Waals surface area contributed by atoms with Crippen LogP contribution in [0.5, 0.6) is 0 Å². The van der Waals surface area contributed by atoms with Crippen LogP contribution in [0.3, 0.4) is 0 Å². The van der Waals surface area contributed by atoms with Crippen molar-refractivity contribution in [3.63, 3.8) is 0 Å². The molecule has 0 amide bonds. The van der Waals surface area contributed by atoms with Crippen LogP contribution in [0.2, 0.25) is 0 Å². The highest BCUT2D eigenvalue weighted by atomic mass is 19.4. The van der Waals surface area contributed by atoms with Gasteiger partial charge >= 0.3 is 6.18 Å². The highest BCUT2D eigenvalue weighted by molar-refractivity contribution is 5.79. The number of Topliss-reactive ketones (excluding diaryl/α,β-unsaturated/α-hetero) is 1. The van der Waals surface area contributed by atoms with Gasteiger partial charge in [-0.2, -0.15) is 13.2 Å². The van der Waals surface area contributed by atoms with Crippen molar-refractivity contribution in [2.24, 2.45) is 0 Å². The molecule has 0 spiro atoms. The number of nitrogens with zero attached hydrogens (tertiary/aromatic N) is 1. The minimum absolute atomic E-state index is 0.257. The Balaban J connectivity index is 1.97. The lowest BCUT2D eigenvalue weighted by Gasteiger charge is -2.23. The second-order valence-corrected chi connectivity index (χ2v) is 4.70.